The standard InChI is InChI=1S/C5H13NSi/c1-7(2)5-3-4-6-7/h6H,3-5H2,1-2H3. The van der Waals surface area contributed by atoms with E-state index in [0.29, 0.717) is 0 Å². The first-order chi connectivity index (χ1) is 3.21. The molecule has 0 aromatic heterocycles. The molecular weight excluding hydrogens is 102 g/mol. The summed E-state index contributed by atoms with van der Waals surface area (Å²) in [5.74, 6) is 0. The van der Waals surface area contributed by atoms with Crippen molar-refractivity contribution in [3.05, 3.63) is 0 Å². The summed E-state index contributed by atoms with van der Waals surface area (Å²) in [6.45, 7) is 6.05. The second-order valence-electron chi connectivity index (χ2n) is 2.91. The van der Waals surface area contributed by atoms with Crippen molar-refractivity contribution >= 4 is 8.24 Å². The van der Waals surface area contributed by atoms with Crippen molar-refractivity contribution in [1.29, 1.82) is 0 Å². The normalized spacial score (nSPS) is 28.3. The molecule has 0 saturated carbocycles. The van der Waals surface area contributed by atoms with Crippen molar-refractivity contribution in [3.8, 4) is 0 Å². The zero-order valence-electron chi connectivity index (χ0n) is 5.12. The molecule has 0 aliphatic carbocycles. The van der Waals surface area contributed by atoms with Crippen LogP contribution in [0.4, 0.5) is 0 Å². The van der Waals surface area contributed by atoms with Crippen LogP contribution in [0.3, 0.4) is 0 Å². The molecule has 0 radical (unpaired) electrons. The van der Waals surface area contributed by atoms with E-state index in [4.69, 9.17) is 0 Å². The van der Waals surface area contributed by atoms with Crippen LogP contribution in [0.5, 0.6) is 0 Å². The highest BCUT2D eigenvalue weighted by Gasteiger charge is 2.23. The lowest BCUT2D eigenvalue weighted by Gasteiger charge is -2.11. The quantitative estimate of drug-likeness (QED) is 0.468. The molecule has 0 spiro atoms. The molecule has 7 heavy (non-hydrogen) atoms. The van der Waals surface area contributed by atoms with Gasteiger partial charge in [-0.2, -0.15) is 0 Å². The molecule has 0 aromatic rings. The van der Waals surface area contributed by atoms with Crippen LogP contribution in [0.15, 0.2) is 0 Å². The van der Waals surface area contributed by atoms with E-state index in [2.05, 4.69) is 18.1 Å². The monoisotopic (exact) mass is 115 g/mol. The average molecular weight is 115 g/mol. The Labute approximate surface area is 46.2 Å². The average Bonchev–Trinajstić information content (AvgIpc) is 1.84. The zero-order valence-corrected chi connectivity index (χ0v) is 6.12. The van der Waals surface area contributed by atoms with Crippen molar-refractivity contribution in [2.45, 2.75) is 25.6 Å². The molecule has 1 nitrogen and oxygen atoms in total. The first kappa shape index (κ1) is 5.32. The van der Waals surface area contributed by atoms with Crippen LogP contribution in [0.25, 0.3) is 0 Å². The first-order valence-electron chi connectivity index (χ1n) is 2.96. The molecule has 42 valence electrons. The molecule has 1 rings (SSSR count). The highest BCUT2D eigenvalue weighted by atomic mass is 28.3. The Morgan fingerprint density at radius 1 is 1.43 bits per heavy atom. The molecule has 1 aliphatic heterocycles. The van der Waals surface area contributed by atoms with Gasteiger partial charge in [-0.3, -0.25) is 0 Å². The summed E-state index contributed by atoms with van der Waals surface area (Å²) in [6, 6.07) is 1.48. The van der Waals surface area contributed by atoms with Gasteiger partial charge in [0, 0.05) is 0 Å². The SMILES string of the molecule is C[Si]1(C)CCCN1. The van der Waals surface area contributed by atoms with Gasteiger partial charge >= 0.3 is 0 Å². The lowest BCUT2D eigenvalue weighted by molar-refractivity contribution is 0.929. The molecule has 0 aromatic carbocycles. The Kier molecular flexibility index (Phi) is 1.21. The van der Waals surface area contributed by atoms with Crippen molar-refractivity contribution in [1.82, 2.24) is 4.98 Å². The Hall–Kier alpha value is 0.177. The summed E-state index contributed by atoms with van der Waals surface area (Å²) in [4.78, 5) is 3.53. The summed E-state index contributed by atoms with van der Waals surface area (Å²) in [5, 5.41) is 0. The van der Waals surface area contributed by atoms with Crippen LogP contribution in [0, 0.1) is 0 Å². The van der Waals surface area contributed by atoms with Gasteiger partial charge < -0.3 is 4.98 Å². The number of rotatable bonds is 0. The summed E-state index contributed by atoms with van der Waals surface area (Å²) in [7, 11) is -0.790. The van der Waals surface area contributed by atoms with E-state index >= 15 is 0 Å². The van der Waals surface area contributed by atoms with E-state index in [1.165, 1.54) is 19.0 Å². The third-order valence-electron chi connectivity index (χ3n) is 1.58. The summed E-state index contributed by atoms with van der Waals surface area (Å²) in [5.41, 5.74) is 0. The number of nitrogens with one attached hydrogen (secondary N) is 1. The zero-order chi connectivity index (χ0) is 5.33. The fourth-order valence-electron chi connectivity index (χ4n) is 1.05. The van der Waals surface area contributed by atoms with E-state index in [1.807, 2.05) is 0 Å². The first-order valence-corrected chi connectivity index (χ1v) is 6.16. The van der Waals surface area contributed by atoms with Gasteiger partial charge in [0.15, 0.2) is 0 Å². The van der Waals surface area contributed by atoms with Gasteiger partial charge in [-0.25, -0.2) is 0 Å². The van der Waals surface area contributed by atoms with Gasteiger partial charge in [0.1, 0.15) is 8.24 Å². The van der Waals surface area contributed by atoms with Gasteiger partial charge in [0.05, 0.1) is 0 Å². The second-order valence-corrected chi connectivity index (χ2v) is 7.54. The Morgan fingerprint density at radius 3 is 2.29 bits per heavy atom. The van der Waals surface area contributed by atoms with Crippen LogP contribution in [0.2, 0.25) is 19.1 Å². The Morgan fingerprint density at radius 2 is 2.14 bits per heavy atom. The van der Waals surface area contributed by atoms with Gasteiger partial charge in [-0.15, -0.1) is 0 Å². The summed E-state index contributed by atoms with van der Waals surface area (Å²) >= 11 is 0. The lowest BCUT2D eigenvalue weighted by Crippen LogP contribution is -2.37. The molecule has 1 fully saturated rings. The van der Waals surface area contributed by atoms with Crippen LogP contribution < -0.4 is 4.98 Å². The third kappa shape index (κ3) is 1.28. The third-order valence-corrected chi connectivity index (χ3v) is 4.39. The minimum atomic E-state index is -0.790. The fourth-order valence-corrected chi connectivity index (χ4v) is 3.14. The van der Waals surface area contributed by atoms with E-state index in [1.54, 1.807) is 0 Å². The Balaban J connectivity index is 2.40. The summed E-state index contributed by atoms with van der Waals surface area (Å²) in [6.07, 6.45) is 1.42. The fraction of sp³-hybridized carbons (Fsp3) is 1.00. The number of hydrogen-bond donors (Lipinski definition) is 1. The van der Waals surface area contributed by atoms with Gasteiger partial charge in [0.2, 0.25) is 0 Å². The molecule has 0 unspecified atom stereocenters. The van der Waals surface area contributed by atoms with Crippen molar-refractivity contribution < 1.29 is 0 Å². The Bertz CT molecular complexity index is 62.5. The maximum Gasteiger partial charge on any atom is 0.119 e. The van der Waals surface area contributed by atoms with Gasteiger partial charge in [-0.05, 0) is 19.0 Å². The molecule has 1 saturated heterocycles. The molecule has 0 atom stereocenters. The molecular formula is C5H13NSi. The summed E-state index contributed by atoms with van der Waals surface area (Å²) < 4.78 is 0. The van der Waals surface area contributed by atoms with Crippen LogP contribution in [-0.4, -0.2) is 14.8 Å². The smallest absolute Gasteiger partial charge is 0.119 e. The molecule has 1 aliphatic rings. The maximum atomic E-state index is 3.53. The number of hydrogen-bond acceptors (Lipinski definition) is 1. The molecule has 0 amide bonds. The van der Waals surface area contributed by atoms with E-state index in [0.717, 1.165) is 0 Å². The highest BCUT2D eigenvalue weighted by molar-refractivity contribution is 6.75. The second kappa shape index (κ2) is 1.60. The van der Waals surface area contributed by atoms with Crippen molar-refractivity contribution in [2.75, 3.05) is 6.54 Å². The van der Waals surface area contributed by atoms with Crippen LogP contribution >= 0.6 is 0 Å². The predicted octanol–water partition coefficient (Wildman–Crippen LogP) is 1.18. The van der Waals surface area contributed by atoms with E-state index < -0.39 is 8.24 Å². The highest BCUT2D eigenvalue weighted by Crippen LogP contribution is 2.13. The topological polar surface area (TPSA) is 12.0 Å². The maximum absolute atomic E-state index is 3.53. The van der Waals surface area contributed by atoms with Gasteiger partial charge in [-0.1, -0.05) is 13.1 Å². The molecule has 1 N–H and O–H groups in total. The minimum absolute atomic E-state index is 0.790. The molecule has 0 bridgehead atoms. The predicted molar refractivity (Wildman–Crippen MR) is 34.9 cm³/mol. The minimum Gasteiger partial charge on any atom is -0.337 e. The largest absolute Gasteiger partial charge is 0.337 e. The van der Waals surface area contributed by atoms with E-state index in [9.17, 15) is 0 Å². The molecule has 2 heteroatoms. The lowest BCUT2D eigenvalue weighted by atomic mass is 10.5. The van der Waals surface area contributed by atoms with Crippen LogP contribution in [-0.2, 0) is 0 Å². The van der Waals surface area contributed by atoms with Crippen molar-refractivity contribution in [3.63, 3.8) is 0 Å². The van der Waals surface area contributed by atoms with Crippen molar-refractivity contribution in [2.24, 2.45) is 0 Å². The molecule has 1 heterocycles. The van der Waals surface area contributed by atoms with E-state index in [-0.39, 0.29) is 0 Å². The van der Waals surface area contributed by atoms with Crippen LogP contribution in [0.1, 0.15) is 6.42 Å². The van der Waals surface area contributed by atoms with Gasteiger partial charge in [0.25, 0.3) is 0 Å².